The van der Waals surface area contributed by atoms with Gasteiger partial charge in [-0.25, -0.2) is 13.1 Å². The maximum Gasteiger partial charge on any atom is 0.235 e. The van der Waals surface area contributed by atoms with Crippen LogP contribution in [0, 0.1) is 0 Å². The van der Waals surface area contributed by atoms with Crippen molar-refractivity contribution in [2.45, 2.75) is 44.4 Å². The Morgan fingerprint density at radius 3 is 2.61 bits per heavy atom. The zero-order chi connectivity index (χ0) is 20.4. The molecule has 0 spiro atoms. The summed E-state index contributed by atoms with van der Waals surface area (Å²) in [6, 6.07) is 11.7. The van der Waals surface area contributed by atoms with Crippen LogP contribution in [0.25, 0.3) is 0 Å². The standard InChI is InChI=1S/C20H27N3O3S2/c1-20(2,3)17-11-18(23(22-17)16-9-10-28(25,26)14-16)21-19(24)13-27-12-15-7-5-4-6-8-15/h4-8,11,16H,9-10,12-14H2,1-3H3,(H,21,24). The van der Waals surface area contributed by atoms with Crippen molar-refractivity contribution in [1.82, 2.24) is 9.78 Å². The normalized spacial score (nSPS) is 18.9. The van der Waals surface area contributed by atoms with Crippen molar-refractivity contribution in [1.29, 1.82) is 0 Å². The Kier molecular flexibility index (Phi) is 6.19. The van der Waals surface area contributed by atoms with Crippen molar-refractivity contribution in [3.63, 3.8) is 0 Å². The third-order valence-corrected chi connectivity index (χ3v) is 7.42. The van der Waals surface area contributed by atoms with E-state index in [1.807, 2.05) is 57.2 Å². The molecule has 1 saturated heterocycles. The molecule has 1 aromatic carbocycles. The average molecular weight is 422 g/mol. The predicted octanol–water partition coefficient (Wildman–Crippen LogP) is 3.41. The van der Waals surface area contributed by atoms with Crippen LogP contribution in [0.2, 0.25) is 0 Å². The summed E-state index contributed by atoms with van der Waals surface area (Å²) in [5.41, 5.74) is 1.82. The highest BCUT2D eigenvalue weighted by Gasteiger charge is 2.32. The molecule has 1 atom stereocenters. The molecule has 1 aliphatic heterocycles. The summed E-state index contributed by atoms with van der Waals surface area (Å²) in [6.07, 6.45) is 0.527. The van der Waals surface area contributed by atoms with Crippen LogP contribution < -0.4 is 5.32 Å². The summed E-state index contributed by atoms with van der Waals surface area (Å²) in [4.78, 5) is 12.5. The van der Waals surface area contributed by atoms with Crippen molar-refractivity contribution >= 4 is 33.3 Å². The fraction of sp³-hybridized carbons (Fsp3) is 0.500. The minimum atomic E-state index is -3.04. The first-order chi connectivity index (χ1) is 13.1. The molecule has 1 aromatic heterocycles. The van der Waals surface area contributed by atoms with Gasteiger partial charge in [-0.15, -0.1) is 11.8 Å². The summed E-state index contributed by atoms with van der Waals surface area (Å²) >= 11 is 1.55. The van der Waals surface area contributed by atoms with E-state index in [1.165, 1.54) is 5.56 Å². The molecule has 1 amide bonds. The van der Waals surface area contributed by atoms with Gasteiger partial charge < -0.3 is 5.32 Å². The number of carbonyl (C=O) groups is 1. The van der Waals surface area contributed by atoms with Crippen LogP contribution in [0.15, 0.2) is 36.4 Å². The summed E-state index contributed by atoms with van der Waals surface area (Å²) in [6.45, 7) is 6.14. The highest BCUT2D eigenvalue weighted by atomic mass is 32.2. The lowest BCUT2D eigenvalue weighted by Crippen LogP contribution is -2.21. The Morgan fingerprint density at radius 2 is 2.00 bits per heavy atom. The van der Waals surface area contributed by atoms with E-state index in [2.05, 4.69) is 10.4 Å². The van der Waals surface area contributed by atoms with Crippen LogP contribution in [-0.4, -0.2) is 41.4 Å². The van der Waals surface area contributed by atoms with Crippen molar-refractivity contribution < 1.29 is 13.2 Å². The molecule has 2 heterocycles. The van der Waals surface area contributed by atoms with Crippen LogP contribution in [0.4, 0.5) is 5.82 Å². The van der Waals surface area contributed by atoms with Gasteiger partial charge in [0.05, 0.1) is 29.0 Å². The predicted molar refractivity (Wildman–Crippen MR) is 114 cm³/mol. The van der Waals surface area contributed by atoms with Gasteiger partial charge in [0, 0.05) is 17.2 Å². The van der Waals surface area contributed by atoms with E-state index in [4.69, 9.17) is 0 Å². The molecule has 2 aromatic rings. The van der Waals surface area contributed by atoms with Crippen molar-refractivity contribution in [2.24, 2.45) is 0 Å². The van der Waals surface area contributed by atoms with Gasteiger partial charge in [-0.3, -0.25) is 4.79 Å². The number of hydrogen-bond acceptors (Lipinski definition) is 5. The first kappa shape index (κ1) is 20.9. The van der Waals surface area contributed by atoms with Gasteiger partial charge >= 0.3 is 0 Å². The third kappa shape index (κ3) is 5.38. The van der Waals surface area contributed by atoms with E-state index in [-0.39, 0.29) is 28.9 Å². The quantitative estimate of drug-likeness (QED) is 0.773. The zero-order valence-electron chi connectivity index (χ0n) is 16.5. The number of benzene rings is 1. The van der Waals surface area contributed by atoms with Crippen LogP contribution in [0.3, 0.4) is 0 Å². The van der Waals surface area contributed by atoms with Crippen LogP contribution in [0.5, 0.6) is 0 Å². The fourth-order valence-electron chi connectivity index (χ4n) is 3.12. The third-order valence-electron chi connectivity index (χ3n) is 4.67. The largest absolute Gasteiger partial charge is 0.310 e. The Labute approximate surface area is 171 Å². The first-order valence-corrected chi connectivity index (χ1v) is 12.3. The second kappa shape index (κ2) is 8.29. The lowest BCUT2D eigenvalue weighted by molar-refractivity contribution is -0.113. The number of nitrogens with zero attached hydrogens (tertiary/aromatic N) is 2. The van der Waals surface area contributed by atoms with Crippen molar-refractivity contribution in [2.75, 3.05) is 22.6 Å². The summed E-state index contributed by atoms with van der Waals surface area (Å²) in [5.74, 6) is 1.81. The maximum absolute atomic E-state index is 12.5. The highest BCUT2D eigenvalue weighted by molar-refractivity contribution is 7.99. The number of aromatic nitrogens is 2. The number of amides is 1. The van der Waals surface area contributed by atoms with E-state index in [1.54, 1.807) is 16.4 Å². The van der Waals surface area contributed by atoms with E-state index < -0.39 is 9.84 Å². The van der Waals surface area contributed by atoms with Crippen LogP contribution >= 0.6 is 11.8 Å². The molecule has 6 nitrogen and oxygen atoms in total. The number of nitrogens with one attached hydrogen (secondary N) is 1. The lowest BCUT2D eigenvalue weighted by Gasteiger charge is -2.15. The van der Waals surface area contributed by atoms with Crippen LogP contribution in [-0.2, 0) is 25.8 Å². The Bertz CT molecular complexity index is 931. The number of rotatable bonds is 6. The SMILES string of the molecule is CC(C)(C)c1cc(NC(=O)CSCc2ccccc2)n(C2CCS(=O)(=O)C2)n1. The molecule has 8 heteroatoms. The first-order valence-electron chi connectivity index (χ1n) is 9.36. The minimum absolute atomic E-state index is 0.0733. The van der Waals surface area contributed by atoms with Crippen molar-refractivity contribution in [3.8, 4) is 0 Å². The monoisotopic (exact) mass is 421 g/mol. The van der Waals surface area contributed by atoms with E-state index in [0.717, 1.165) is 11.4 Å². The van der Waals surface area contributed by atoms with Gasteiger partial charge in [0.1, 0.15) is 5.82 Å². The van der Waals surface area contributed by atoms with Gasteiger partial charge in [0.2, 0.25) is 5.91 Å². The summed E-state index contributed by atoms with van der Waals surface area (Å²) < 4.78 is 25.5. The van der Waals surface area contributed by atoms with E-state index in [9.17, 15) is 13.2 Å². The minimum Gasteiger partial charge on any atom is -0.310 e. The molecule has 0 saturated carbocycles. The molecule has 0 bridgehead atoms. The van der Waals surface area contributed by atoms with Gasteiger partial charge in [0.15, 0.2) is 9.84 Å². The molecule has 1 N–H and O–H groups in total. The molecule has 1 unspecified atom stereocenters. The molecule has 3 rings (SSSR count). The van der Waals surface area contributed by atoms with Gasteiger partial charge in [-0.1, -0.05) is 51.1 Å². The lowest BCUT2D eigenvalue weighted by atomic mass is 9.92. The van der Waals surface area contributed by atoms with E-state index in [0.29, 0.717) is 18.0 Å². The molecule has 1 aliphatic rings. The number of carbonyl (C=O) groups excluding carboxylic acids is 1. The van der Waals surface area contributed by atoms with Crippen LogP contribution in [0.1, 0.15) is 44.5 Å². The van der Waals surface area contributed by atoms with Gasteiger partial charge in [-0.05, 0) is 12.0 Å². The molecular weight excluding hydrogens is 394 g/mol. The number of hydrogen-bond donors (Lipinski definition) is 1. The van der Waals surface area contributed by atoms with Gasteiger partial charge in [-0.2, -0.15) is 5.10 Å². The smallest absolute Gasteiger partial charge is 0.235 e. The number of anilines is 1. The average Bonchev–Trinajstić information content (AvgIpc) is 3.18. The maximum atomic E-state index is 12.5. The molecule has 1 fully saturated rings. The van der Waals surface area contributed by atoms with Gasteiger partial charge in [0.25, 0.3) is 0 Å². The van der Waals surface area contributed by atoms with E-state index >= 15 is 0 Å². The zero-order valence-corrected chi connectivity index (χ0v) is 18.1. The molecule has 152 valence electrons. The Hall–Kier alpha value is -1.80. The Morgan fingerprint density at radius 1 is 1.29 bits per heavy atom. The fourth-order valence-corrected chi connectivity index (χ4v) is 5.60. The van der Waals surface area contributed by atoms with Crippen molar-refractivity contribution in [3.05, 3.63) is 47.7 Å². The number of sulfone groups is 1. The molecular formula is C20H27N3O3S2. The Balaban J connectivity index is 1.69. The summed E-state index contributed by atoms with van der Waals surface area (Å²) in [7, 11) is -3.04. The second-order valence-corrected chi connectivity index (χ2v) is 11.4. The molecule has 0 aliphatic carbocycles. The topological polar surface area (TPSA) is 81.1 Å². The summed E-state index contributed by atoms with van der Waals surface area (Å²) in [5, 5.41) is 7.58. The molecule has 28 heavy (non-hydrogen) atoms. The highest BCUT2D eigenvalue weighted by Crippen LogP contribution is 2.31. The molecule has 0 radical (unpaired) electrons. The number of thioether (sulfide) groups is 1. The second-order valence-electron chi connectivity index (χ2n) is 8.19.